The molecule has 2 atom stereocenters. The van der Waals surface area contributed by atoms with Crippen molar-refractivity contribution in [3.05, 3.63) is 82.9 Å². The number of nitrogens with zero attached hydrogens (tertiary/aromatic N) is 3. The van der Waals surface area contributed by atoms with E-state index in [1.54, 1.807) is 37.3 Å². The number of ether oxygens (including phenoxy) is 1. The van der Waals surface area contributed by atoms with Crippen molar-refractivity contribution < 1.29 is 32.3 Å². The lowest BCUT2D eigenvalue weighted by Crippen LogP contribution is -2.43. The van der Waals surface area contributed by atoms with Gasteiger partial charge in [0.15, 0.2) is 0 Å². The Morgan fingerprint density at radius 3 is 2.47 bits per heavy atom. The van der Waals surface area contributed by atoms with E-state index in [1.165, 1.54) is 43.3 Å². The molecule has 0 bridgehead atoms. The fourth-order valence-corrected chi connectivity index (χ4v) is 6.74. The van der Waals surface area contributed by atoms with Gasteiger partial charge in [-0.2, -0.15) is 0 Å². The molecule has 2 aliphatic heterocycles. The molecule has 2 N–H and O–H groups in total. The summed E-state index contributed by atoms with van der Waals surface area (Å²) in [5, 5.41) is 2.94. The molecule has 3 aromatic carbocycles. The fourth-order valence-electron chi connectivity index (χ4n) is 5.40. The molecule has 5 rings (SSSR count). The average molecular weight is 654 g/mol. The van der Waals surface area contributed by atoms with Crippen molar-refractivity contribution in [3.8, 4) is 0 Å². The van der Waals surface area contributed by atoms with Crippen LogP contribution in [-0.2, 0) is 35.6 Å². The van der Waals surface area contributed by atoms with Crippen LogP contribution in [0.1, 0.15) is 17.5 Å². The lowest BCUT2D eigenvalue weighted by atomic mass is 10.0. The maximum atomic E-state index is 14.0. The molecule has 0 radical (unpaired) electrons. The van der Waals surface area contributed by atoms with Crippen LogP contribution in [0.3, 0.4) is 0 Å². The van der Waals surface area contributed by atoms with Gasteiger partial charge in [0.1, 0.15) is 5.92 Å². The second-order valence-corrected chi connectivity index (χ2v) is 12.8. The summed E-state index contributed by atoms with van der Waals surface area (Å²) in [6.45, 7) is 1.83. The Balaban J connectivity index is 1.41. The van der Waals surface area contributed by atoms with Crippen LogP contribution in [0.15, 0.2) is 71.6 Å². The number of hydrogen-bond donors (Lipinski definition) is 2. The number of carbonyl (C=O) groups excluding carboxylic acids is 4. The normalized spacial score (nSPS) is 17.0. The quantitative estimate of drug-likeness (QED) is 0.250. The number of urea groups is 1. The SMILES string of the molecule is COC1C(=O)N(CCC(C(=O)Nc2cc(S(=O)(=O)Nc3ccccc3Cl)ccc2C)C(=O)N2CCc3ccccc32)C(=O)N1C. The number of para-hydroxylation sites is 2. The predicted molar refractivity (Wildman–Crippen MR) is 168 cm³/mol. The van der Waals surface area contributed by atoms with Gasteiger partial charge in [-0.05, 0) is 61.2 Å². The van der Waals surface area contributed by atoms with Crippen molar-refractivity contribution in [1.82, 2.24) is 9.80 Å². The lowest BCUT2D eigenvalue weighted by Gasteiger charge is -2.25. The van der Waals surface area contributed by atoms with Crippen molar-refractivity contribution in [2.45, 2.75) is 30.9 Å². The zero-order chi connectivity index (χ0) is 32.5. The number of nitrogens with one attached hydrogen (secondary N) is 2. The molecule has 0 aliphatic carbocycles. The number of amides is 5. The minimum Gasteiger partial charge on any atom is -0.353 e. The highest BCUT2D eigenvalue weighted by Gasteiger charge is 2.44. The molecule has 5 amide bonds. The summed E-state index contributed by atoms with van der Waals surface area (Å²) >= 11 is 6.14. The first-order valence-electron chi connectivity index (χ1n) is 14.1. The maximum absolute atomic E-state index is 14.0. The predicted octanol–water partition coefficient (Wildman–Crippen LogP) is 3.85. The van der Waals surface area contributed by atoms with Gasteiger partial charge in [-0.3, -0.25) is 28.9 Å². The van der Waals surface area contributed by atoms with Gasteiger partial charge in [-0.1, -0.05) is 48.0 Å². The molecule has 236 valence electrons. The van der Waals surface area contributed by atoms with Gasteiger partial charge in [-0.15, -0.1) is 0 Å². The minimum absolute atomic E-state index is 0.137. The number of methoxy groups -OCH3 is 1. The maximum Gasteiger partial charge on any atom is 0.329 e. The average Bonchev–Trinajstić information content (AvgIpc) is 3.53. The molecule has 0 aromatic heterocycles. The van der Waals surface area contributed by atoms with Gasteiger partial charge in [-0.25, -0.2) is 13.2 Å². The second kappa shape index (κ2) is 12.9. The summed E-state index contributed by atoms with van der Waals surface area (Å²) in [5.74, 6) is -3.13. The van der Waals surface area contributed by atoms with Crippen LogP contribution in [0.4, 0.5) is 21.9 Å². The van der Waals surface area contributed by atoms with Gasteiger partial charge in [0.05, 0.1) is 15.6 Å². The molecule has 14 heteroatoms. The summed E-state index contributed by atoms with van der Waals surface area (Å²) < 4.78 is 34.0. The third-order valence-electron chi connectivity index (χ3n) is 7.89. The first-order chi connectivity index (χ1) is 21.4. The molecule has 1 saturated heterocycles. The molecule has 2 unspecified atom stereocenters. The number of benzene rings is 3. The van der Waals surface area contributed by atoms with E-state index in [0.29, 0.717) is 24.2 Å². The third-order valence-corrected chi connectivity index (χ3v) is 9.58. The molecular formula is C31H32ClN5O7S. The number of halogens is 1. The number of carbonyl (C=O) groups is 4. The Hall–Kier alpha value is -4.46. The van der Waals surface area contributed by atoms with E-state index >= 15 is 0 Å². The van der Waals surface area contributed by atoms with Crippen molar-refractivity contribution >= 4 is 62.4 Å². The third kappa shape index (κ3) is 6.37. The number of likely N-dealkylation sites (N-methyl/N-ethyl adjacent to an activating group) is 1. The summed E-state index contributed by atoms with van der Waals surface area (Å²) in [6.07, 6.45) is -0.662. The summed E-state index contributed by atoms with van der Waals surface area (Å²) in [5.41, 5.74) is 2.55. The molecule has 0 saturated carbocycles. The zero-order valence-corrected chi connectivity index (χ0v) is 26.4. The Morgan fingerprint density at radius 1 is 1.04 bits per heavy atom. The van der Waals surface area contributed by atoms with E-state index < -0.39 is 45.9 Å². The highest BCUT2D eigenvalue weighted by atomic mass is 35.5. The topological polar surface area (TPSA) is 145 Å². The van der Waals surface area contributed by atoms with E-state index in [1.807, 2.05) is 12.1 Å². The molecule has 12 nitrogen and oxygen atoms in total. The van der Waals surface area contributed by atoms with Crippen LogP contribution in [-0.4, -0.2) is 75.4 Å². The largest absolute Gasteiger partial charge is 0.353 e. The number of fused-ring (bicyclic) bond motifs is 1. The van der Waals surface area contributed by atoms with Gasteiger partial charge in [0.25, 0.3) is 15.9 Å². The Labute approximate surface area is 265 Å². The Morgan fingerprint density at radius 2 is 1.76 bits per heavy atom. The van der Waals surface area contributed by atoms with Crippen molar-refractivity contribution in [1.29, 1.82) is 0 Å². The lowest BCUT2D eigenvalue weighted by molar-refractivity contribution is -0.139. The van der Waals surface area contributed by atoms with E-state index in [4.69, 9.17) is 16.3 Å². The second-order valence-electron chi connectivity index (χ2n) is 10.7. The summed E-state index contributed by atoms with van der Waals surface area (Å²) in [7, 11) is -1.37. The number of imide groups is 1. The van der Waals surface area contributed by atoms with E-state index in [9.17, 15) is 27.6 Å². The monoisotopic (exact) mass is 653 g/mol. The Bertz CT molecular complexity index is 1780. The molecule has 2 aliphatic rings. The summed E-state index contributed by atoms with van der Waals surface area (Å²) in [6, 6.07) is 17.4. The number of aryl methyl sites for hydroxylation is 1. The first kappa shape index (κ1) is 31.9. The fraction of sp³-hybridized carbons (Fsp3) is 0.290. The van der Waals surface area contributed by atoms with Crippen LogP contribution in [0.5, 0.6) is 0 Å². The minimum atomic E-state index is -4.10. The van der Waals surface area contributed by atoms with Gasteiger partial charge in [0, 0.05) is 38.6 Å². The van der Waals surface area contributed by atoms with Crippen molar-refractivity contribution in [3.63, 3.8) is 0 Å². The first-order valence-corrected chi connectivity index (χ1v) is 16.0. The highest BCUT2D eigenvalue weighted by molar-refractivity contribution is 7.92. The number of anilines is 3. The van der Waals surface area contributed by atoms with Crippen LogP contribution < -0.4 is 14.9 Å². The molecule has 45 heavy (non-hydrogen) atoms. The number of hydrogen-bond acceptors (Lipinski definition) is 7. The summed E-state index contributed by atoms with van der Waals surface area (Å²) in [4.78, 5) is 56.9. The van der Waals surface area contributed by atoms with Crippen LogP contribution in [0.2, 0.25) is 5.02 Å². The zero-order valence-electron chi connectivity index (χ0n) is 24.8. The molecule has 1 fully saturated rings. The molecule has 2 heterocycles. The van der Waals surface area contributed by atoms with Crippen LogP contribution >= 0.6 is 11.6 Å². The van der Waals surface area contributed by atoms with Crippen LogP contribution in [0.25, 0.3) is 0 Å². The van der Waals surface area contributed by atoms with Gasteiger partial charge >= 0.3 is 6.03 Å². The Kier molecular flexibility index (Phi) is 9.14. The smallest absolute Gasteiger partial charge is 0.329 e. The number of sulfonamides is 1. The van der Waals surface area contributed by atoms with E-state index in [2.05, 4.69) is 10.0 Å². The van der Waals surface area contributed by atoms with Crippen molar-refractivity contribution in [2.24, 2.45) is 5.92 Å². The van der Waals surface area contributed by atoms with E-state index in [-0.39, 0.29) is 34.3 Å². The van der Waals surface area contributed by atoms with Crippen molar-refractivity contribution in [2.75, 3.05) is 42.2 Å². The standard InChI is InChI=1S/C31H32ClN5O7S/c1-19-12-13-21(45(42,43)34-24-10-6-5-9-23(24)32)18-25(19)33-27(38)22(15-17-37-29(40)30(44-3)35(2)31(37)41)28(39)36-16-14-20-8-4-7-11-26(20)36/h4-13,18,22,30,34H,14-17H2,1-3H3,(H,33,38). The molecule has 0 spiro atoms. The molecular weight excluding hydrogens is 622 g/mol. The number of rotatable bonds is 10. The van der Waals surface area contributed by atoms with Gasteiger partial charge in [0.2, 0.25) is 18.0 Å². The highest BCUT2D eigenvalue weighted by Crippen LogP contribution is 2.31. The van der Waals surface area contributed by atoms with E-state index in [0.717, 1.165) is 15.4 Å². The molecule has 3 aromatic rings. The van der Waals surface area contributed by atoms with Crippen LogP contribution in [0, 0.1) is 12.8 Å². The van der Waals surface area contributed by atoms with Gasteiger partial charge < -0.3 is 15.0 Å².